The molecule has 2 aromatic heterocycles. The highest BCUT2D eigenvalue weighted by atomic mass is 35.5. The van der Waals surface area contributed by atoms with Gasteiger partial charge in [0.1, 0.15) is 5.58 Å². The van der Waals surface area contributed by atoms with E-state index in [1.54, 1.807) is 17.4 Å². The molecule has 27 heavy (non-hydrogen) atoms. The van der Waals surface area contributed by atoms with Gasteiger partial charge in [0.15, 0.2) is 0 Å². The first-order valence-electron chi connectivity index (χ1n) is 9.18. The quantitative estimate of drug-likeness (QED) is 0.543. The Hall–Kier alpha value is -1.66. The molecule has 0 amide bonds. The highest BCUT2D eigenvalue weighted by molar-refractivity contribution is 7.09. The van der Waals surface area contributed by atoms with Gasteiger partial charge in [0.25, 0.3) is 0 Å². The lowest BCUT2D eigenvalue weighted by Crippen LogP contribution is -2.31. The molecule has 0 bridgehead atoms. The summed E-state index contributed by atoms with van der Waals surface area (Å²) < 4.78 is 11.3. The van der Waals surface area contributed by atoms with E-state index in [1.807, 2.05) is 19.1 Å². The van der Waals surface area contributed by atoms with E-state index in [0.717, 1.165) is 49.1 Å². The number of hydrogen-bond acceptors (Lipinski definition) is 5. The molecule has 0 unspecified atom stereocenters. The van der Waals surface area contributed by atoms with Crippen molar-refractivity contribution in [3.05, 3.63) is 67.2 Å². The molecule has 1 atom stereocenters. The zero-order valence-electron chi connectivity index (χ0n) is 15.2. The number of hydrogen-bond donors (Lipinski definition) is 0. The number of nitrogens with zero attached hydrogens (tertiary/aromatic N) is 1. The number of ether oxygens (including phenoxy) is 1. The second-order valence-electron chi connectivity index (χ2n) is 7.07. The number of fused-ring (bicyclic) bond motifs is 1. The van der Waals surface area contributed by atoms with Crippen molar-refractivity contribution in [2.75, 3.05) is 13.2 Å². The molecule has 6 heteroatoms. The Morgan fingerprint density at radius 3 is 2.93 bits per heavy atom. The Labute approximate surface area is 167 Å². The largest absolute Gasteiger partial charge is 0.423 e. The highest BCUT2D eigenvalue weighted by Crippen LogP contribution is 2.27. The molecule has 4 rings (SSSR count). The summed E-state index contributed by atoms with van der Waals surface area (Å²) in [5.74, 6) is 0. The molecule has 4 nitrogen and oxygen atoms in total. The Morgan fingerprint density at radius 2 is 2.19 bits per heavy atom. The second-order valence-corrected chi connectivity index (χ2v) is 8.51. The van der Waals surface area contributed by atoms with Crippen LogP contribution in [0.3, 0.4) is 0 Å². The smallest absolute Gasteiger partial charge is 0.336 e. The van der Waals surface area contributed by atoms with Gasteiger partial charge in [-0.1, -0.05) is 17.7 Å². The monoisotopic (exact) mass is 403 g/mol. The van der Waals surface area contributed by atoms with Crippen molar-refractivity contribution in [1.82, 2.24) is 4.90 Å². The van der Waals surface area contributed by atoms with Gasteiger partial charge in [-0.25, -0.2) is 4.79 Å². The molecule has 142 valence electrons. The van der Waals surface area contributed by atoms with Crippen LogP contribution in [0.5, 0.6) is 0 Å². The Morgan fingerprint density at radius 1 is 1.30 bits per heavy atom. The van der Waals surface area contributed by atoms with Crippen LogP contribution in [0, 0.1) is 6.92 Å². The summed E-state index contributed by atoms with van der Waals surface area (Å²) in [7, 11) is 0. The van der Waals surface area contributed by atoms with Gasteiger partial charge >= 0.3 is 5.63 Å². The SMILES string of the molecule is Cc1cc2oc(=O)cc(CN(Cc3cccs3)C[C@H]3CCCO3)c2cc1Cl. The van der Waals surface area contributed by atoms with Crippen LogP contribution in [0.4, 0.5) is 0 Å². The lowest BCUT2D eigenvalue weighted by Gasteiger charge is -2.25. The second kappa shape index (κ2) is 8.15. The van der Waals surface area contributed by atoms with Gasteiger partial charge in [0.05, 0.1) is 6.10 Å². The maximum atomic E-state index is 12.1. The van der Waals surface area contributed by atoms with Crippen LogP contribution in [-0.4, -0.2) is 24.2 Å². The fraction of sp³-hybridized carbons (Fsp3) is 0.381. The van der Waals surface area contributed by atoms with E-state index >= 15 is 0 Å². The molecule has 1 saturated heterocycles. The van der Waals surface area contributed by atoms with Crippen LogP contribution < -0.4 is 5.63 Å². The van der Waals surface area contributed by atoms with Crippen molar-refractivity contribution >= 4 is 33.9 Å². The molecule has 3 heterocycles. The first-order chi connectivity index (χ1) is 13.1. The lowest BCUT2D eigenvalue weighted by atomic mass is 10.1. The van der Waals surface area contributed by atoms with Gasteiger partial charge in [0.2, 0.25) is 0 Å². The molecule has 3 aromatic rings. The third kappa shape index (κ3) is 4.43. The van der Waals surface area contributed by atoms with Gasteiger partial charge in [-0.3, -0.25) is 4.90 Å². The van der Waals surface area contributed by atoms with E-state index in [-0.39, 0.29) is 11.7 Å². The van der Waals surface area contributed by atoms with Gasteiger partial charge in [-0.15, -0.1) is 11.3 Å². The van der Waals surface area contributed by atoms with Crippen LogP contribution in [0.25, 0.3) is 11.0 Å². The number of benzene rings is 1. The fourth-order valence-electron chi connectivity index (χ4n) is 3.60. The van der Waals surface area contributed by atoms with E-state index in [1.165, 1.54) is 4.88 Å². The van der Waals surface area contributed by atoms with E-state index in [9.17, 15) is 4.79 Å². The number of halogens is 1. The average Bonchev–Trinajstić information content (AvgIpc) is 3.30. The maximum Gasteiger partial charge on any atom is 0.336 e. The topological polar surface area (TPSA) is 42.7 Å². The van der Waals surface area contributed by atoms with Crippen LogP contribution >= 0.6 is 22.9 Å². The predicted molar refractivity (Wildman–Crippen MR) is 110 cm³/mol. The van der Waals surface area contributed by atoms with Crippen molar-refractivity contribution < 1.29 is 9.15 Å². The molecule has 0 saturated carbocycles. The molecule has 1 aromatic carbocycles. The first-order valence-corrected chi connectivity index (χ1v) is 10.4. The van der Waals surface area contributed by atoms with Gasteiger partial charge in [-0.05, 0) is 54.5 Å². The Kier molecular flexibility index (Phi) is 5.64. The molecule has 0 aliphatic carbocycles. The Bertz CT molecular complexity index is 977. The van der Waals surface area contributed by atoms with E-state index in [0.29, 0.717) is 17.2 Å². The zero-order valence-corrected chi connectivity index (χ0v) is 16.8. The molecular formula is C21H22ClNO3S. The molecule has 0 spiro atoms. The van der Waals surface area contributed by atoms with E-state index in [4.69, 9.17) is 20.8 Å². The van der Waals surface area contributed by atoms with Gasteiger partial charge in [0, 0.05) is 47.6 Å². The number of rotatable bonds is 6. The van der Waals surface area contributed by atoms with Crippen molar-refractivity contribution in [1.29, 1.82) is 0 Å². The zero-order chi connectivity index (χ0) is 18.8. The third-order valence-electron chi connectivity index (χ3n) is 4.95. The summed E-state index contributed by atoms with van der Waals surface area (Å²) in [6, 6.07) is 9.54. The summed E-state index contributed by atoms with van der Waals surface area (Å²) in [5, 5.41) is 3.67. The standard InChI is InChI=1S/C21H22ClNO3S/c1-14-8-20-18(10-19(14)22)15(9-21(24)26-20)11-23(12-16-4-2-6-25-16)13-17-5-3-7-27-17/h3,5,7-10,16H,2,4,6,11-13H2,1H3/t16-/m1/s1. The normalized spacial score (nSPS) is 17.2. The summed E-state index contributed by atoms with van der Waals surface area (Å²) >= 11 is 8.08. The molecular weight excluding hydrogens is 382 g/mol. The maximum absolute atomic E-state index is 12.1. The minimum Gasteiger partial charge on any atom is -0.423 e. The van der Waals surface area contributed by atoms with E-state index < -0.39 is 0 Å². The molecule has 1 aliphatic rings. The van der Waals surface area contributed by atoms with Crippen molar-refractivity contribution in [3.63, 3.8) is 0 Å². The molecule has 0 N–H and O–H groups in total. The summed E-state index contributed by atoms with van der Waals surface area (Å²) in [5.41, 5.74) is 2.11. The molecule has 1 aliphatic heterocycles. The van der Waals surface area contributed by atoms with Crippen LogP contribution in [0.1, 0.15) is 28.8 Å². The minimum atomic E-state index is -0.326. The average molecular weight is 404 g/mol. The van der Waals surface area contributed by atoms with Gasteiger partial charge < -0.3 is 9.15 Å². The number of aryl methyl sites for hydroxylation is 1. The van der Waals surface area contributed by atoms with Crippen LogP contribution in [0.15, 0.2) is 44.9 Å². The third-order valence-corrected chi connectivity index (χ3v) is 6.22. The van der Waals surface area contributed by atoms with Gasteiger partial charge in [-0.2, -0.15) is 0 Å². The first kappa shape index (κ1) is 18.7. The predicted octanol–water partition coefficient (Wildman–Crippen LogP) is 5.00. The summed E-state index contributed by atoms with van der Waals surface area (Å²) in [6.45, 7) is 5.08. The molecule has 1 fully saturated rings. The van der Waals surface area contributed by atoms with Crippen molar-refractivity contribution in [3.8, 4) is 0 Å². The van der Waals surface area contributed by atoms with Crippen LogP contribution in [0.2, 0.25) is 5.02 Å². The van der Waals surface area contributed by atoms with Crippen molar-refractivity contribution in [2.24, 2.45) is 0 Å². The van der Waals surface area contributed by atoms with Crippen molar-refractivity contribution in [2.45, 2.75) is 39.0 Å². The minimum absolute atomic E-state index is 0.252. The fourth-order valence-corrected chi connectivity index (χ4v) is 4.51. The summed E-state index contributed by atoms with van der Waals surface area (Å²) in [4.78, 5) is 15.8. The summed E-state index contributed by atoms with van der Waals surface area (Å²) in [6.07, 6.45) is 2.45. The van der Waals surface area contributed by atoms with E-state index in [2.05, 4.69) is 22.4 Å². The van der Waals surface area contributed by atoms with Crippen LogP contribution in [-0.2, 0) is 17.8 Å². The number of thiophene rings is 1. The highest BCUT2D eigenvalue weighted by Gasteiger charge is 2.21. The lowest BCUT2D eigenvalue weighted by molar-refractivity contribution is 0.0683. The Balaban J connectivity index is 1.66. The molecule has 0 radical (unpaired) electrons.